The van der Waals surface area contributed by atoms with Gasteiger partial charge in [-0.25, -0.2) is 0 Å². The first-order chi connectivity index (χ1) is 13.3. The number of fused-ring (bicyclic) bond motifs is 1. The highest BCUT2D eigenvalue weighted by atomic mass is 16.7. The Hall–Kier alpha value is -2.52. The maximum absolute atomic E-state index is 10.6. The van der Waals surface area contributed by atoms with Crippen LogP contribution in [0.15, 0.2) is 36.4 Å². The molecule has 0 aromatic heterocycles. The monoisotopic (exact) mass is 390 g/mol. The summed E-state index contributed by atoms with van der Waals surface area (Å²) in [6.45, 7) is 1.41. The van der Waals surface area contributed by atoms with Gasteiger partial charge >= 0.3 is 0 Å². The van der Waals surface area contributed by atoms with Crippen LogP contribution in [0.25, 0.3) is 0 Å². The second-order valence-corrected chi connectivity index (χ2v) is 7.39. The molecule has 28 heavy (non-hydrogen) atoms. The molecule has 2 heterocycles. The molecule has 0 radical (unpaired) electrons. The van der Waals surface area contributed by atoms with E-state index in [1.54, 1.807) is 24.3 Å². The van der Waals surface area contributed by atoms with Gasteiger partial charge in [0.1, 0.15) is 29.3 Å². The molecule has 5 unspecified atom stereocenters. The molecule has 0 spiro atoms. The van der Waals surface area contributed by atoms with Crippen molar-refractivity contribution in [3.05, 3.63) is 47.5 Å². The number of aromatic hydroxyl groups is 2. The first kappa shape index (κ1) is 18.8. The number of ether oxygens (including phenoxy) is 3. The molecule has 0 aliphatic carbocycles. The van der Waals surface area contributed by atoms with E-state index in [0.717, 1.165) is 0 Å². The van der Waals surface area contributed by atoms with E-state index in [9.17, 15) is 25.5 Å². The summed E-state index contributed by atoms with van der Waals surface area (Å²) in [7, 11) is 0. The van der Waals surface area contributed by atoms with Crippen molar-refractivity contribution in [2.75, 3.05) is 6.61 Å². The summed E-state index contributed by atoms with van der Waals surface area (Å²) in [5.74, 6) is 0.316. The van der Waals surface area contributed by atoms with Gasteiger partial charge in [-0.3, -0.25) is 0 Å². The van der Waals surface area contributed by atoms with Crippen molar-refractivity contribution in [3.8, 4) is 23.0 Å². The van der Waals surface area contributed by atoms with Crippen molar-refractivity contribution >= 4 is 0 Å². The number of aliphatic hydroxyl groups excluding tert-OH is 2. The zero-order valence-electron chi connectivity index (χ0n) is 15.1. The average molecular weight is 390 g/mol. The molecule has 8 nitrogen and oxygen atoms in total. The Morgan fingerprint density at radius 3 is 2.57 bits per heavy atom. The van der Waals surface area contributed by atoms with Crippen molar-refractivity contribution in [1.29, 1.82) is 0 Å². The third kappa shape index (κ3) is 3.24. The first-order valence-corrected chi connectivity index (χ1v) is 8.93. The van der Waals surface area contributed by atoms with Crippen LogP contribution in [0.3, 0.4) is 0 Å². The molecule has 4 rings (SSSR count). The molecule has 0 amide bonds. The van der Waals surface area contributed by atoms with Crippen LogP contribution >= 0.6 is 0 Å². The Kier molecular flexibility index (Phi) is 4.59. The van der Waals surface area contributed by atoms with Gasteiger partial charge in [0, 0.05) is 12.0 Å². The summed E-state index contributed by atoms with van der Waals surface area (Å²) in [6, 6.07) is 9.35. The lowest BCUT2D eigenvalue weighted by Gasteiger charge is -2.32. The van der Waals surface area contributed by atoms with Gasteiger partial charge in [0.25, 0.3) is 0 Å². The summed E-state index contributed by atoms with van der Waals surface area (Å²) in [5, 5.41) is 50.0. The van der Waals surface area contributed by atoms with Gasteiger partial charge in [-0.05, 0) is 36.8 Å². The van der Waals surface area contributed by atoms with Crippen molar-refractivity contribution in [2.24, 2.45) is 0 Å². The van der Waals surface area contributed by atoms with Crippen molar-refractivity contribution in [1.82, 2.24) is 0 Å². The maximum atomic E-state index is 10.6. The van der Waals surface area contributed by atoms with Gasteiger partial charge in [-0.2, -0.15) is 0 Å². The number of hydrogen-bond acceptors (Lipinski definition) is 8. The average Bonchev–Trinajstić information content (AvgIpc) is 2.91. The van der Waals surface area contributed by atoms with Crippen molar-refractivity contribution in [3.63, 3.8) is 0 Å². The summed E-state index contributed by atoms with van der Waals surface area (Å²) < 4.78 is 17.0. The molecule has 2 aliphatic heterocycles. The molecule has 5 N–H and O–H groups in total. The van der Waals surface area contributed by atoms with Crippen LogP contribution in [0.2, 0.25) is 0 Å². The molecule has 0 saturated carbocycles. The first-order valence-electron chi connectivity index (χ1n) is 8.93. The van der Waals surface area contributed by atoms with Gasteiger partial charge in [-0.1, -0.05) is 12.1 Å². The number of phenols is 2. The van der Waals surface area contributed by atoms with Crippen LogP contribution in [0.5, 0.6) is 23.0 Å². The molecule has 2 aliphatic rings. The van der Waals surface area contributed by atoms with E-state index in [0.29, 0.717) is 22.6 Å². The second-order valence-electron chi connectivity index (χ2n) is 7.39. The smallest absolute Gasteiger partial charge is 0.229 e. The van der Waals surface area contributed by atoms with E-state index in [2.05, 4.69) is 0 Å². The van der Waals surface area contributed by atoms with Crippen LogP contribution in [0, 0.1) is 0 Å². The summed E-state index contributed by atoms with van der Waals surface area (Å²) in [4.78, 5) is 0. The van der Waals surface area contributed by atoms with E-state index < -0.39 is 30.2 Å². The minimum absolute atomic E-state index is 0.0561. The predicted molar refractivity (Wildman–Crippen MR) is 96.3 cm³/mol. The molecule has 5 atom stereocenters. The molecule has 150 valence electrons. The van der Waals surface area contributed by atoms with E-state index >= 15 is 0 Å². The minimum Gasteiger partial charge on any atom is -0.504 e. The Balaban J connectivity index is 1.59. The van der Waals surface area contributed by atoms with Crippen LogP contribution < -0.4 is 9.47 Å². The Morgan fingerprint density at radius 1 is 1.11 bits per heavy atom. The van der Waals surface area contributed by atoms with Crippen molar-refractivity contribution in [2.45, 2.75) is 43.5 Å². The Labute approximate surface area is 161 Å². The third-order valence-electron chi connectivity index (χ3n) is 5.11. The third-order valence-corrected chi connectivity index (χ3v) is 5.11. The second kappa shape index (κ2) is 6.82. The molecule has 2 aromatic rings. The highest BCUT2D eigenvalue weighted by Gasteiger charge is 2.46. The quantitative estimate of drug-likeness (QED) is 0.491. The zero-order chi connectivity index (χ0) is 20.1. The Bertz CT molecular complexity index is 881. The molecule has 1 fully saturated rings. The van der Waals surface area contributed by atoms with Crippen LogP contribution in [-0.2, 0) is 11.2 Å². The summed E-state index contributed by atoms with van der Waals surface area (Å²) >= 11 is 0. The number of aliphatic hydroxyl groups is 3. The molecular formula is C20H22O8. The standard InChI is InChI=1S/C20H22O8/c1-20(25)9-26-19(18(20)24)28-16-4-2-3-15-11(16)8-14(23)17(27-15)10-5-6-12(21)13(22)7-10/h2-7,14,17-19,21-25H,8-9H2,1H3. The fourth-order valence-electron chi connectivity index (χ4n) is 3.45. The lowest BCUT2D eigenvalue weighted by atomic mass is 9.94. The number of benzene rings is 2. The summed E-state index contributed by atoms with van der Waals surface area (Å²) in [5.41, 5.74) is -0.274. The fourth-order valence-corrected chi connectivity index (χ4v) is 3.45. The molecule has 8 heteroatoms. The van der Waals surface area contributed by atoms with E-state index in [1.165, 1.54) is 19.1 Å². The topological polar surface area (TPSA) is 129 Å². The minimum atomic E-state index is -1.40. The largest absolute Gasteiger partial charge is 0.504 e. The van der Waals surface area contributed by atoms with Crippen LogP contribution in [0.4, 0.5) is 0 Å². The number of hydrogen-bond donors (Lipinski definition) is 5. The predicted octanol–water partition coefficient (Wildman–Crippen LogP) is 0.982. The van der Waals surface area contributed by atoms with Gasteiger partial charge in [0.05, 0.1) is 12.7 Å². The molecule has 0 bridgehead atoms. The zero-order valence-corrected chi connectivity index (χ0v) is 15.1. The van der Waals surface area contributed by atoms with E-state index in [1.807, 2.05) is 0 Å². The normalized spacial score (nSPS) is 31.9. The van der Waals surface area contributed by atoms with Crippen LogP contribution in [-0.4, -0.2) is 56.2 Å². The van der Waals surface area contributed by atoms with E-state index in [-0.39, 0.29) is 24.5 Å². The Morgan fingerprint density at radius 2 is 1.89 bits per heavy atom. The number of rotatable bonds is 3. The van der Waals surface area contributed by atoms with Gasteiger partial charge < -0.3 is 39.7 Å². The molecule has 2 aromatic carbocycles. The maximum Gasteiger partial charge on any atom is 0.229 e. The molecular weight excluding hydrogens is 368 g/mol. The number of phenolic OH excluding ortho intramolecular Hbond substituents is 2. The van der Waals surface area contributed by atoms with E-state index in [4.69, 9.17) is 14.2 Å². The highest BCUT2D eigenvalue weighted by Crippen LogP contribution is 2.42. The fraction of sp³-hybridized carbons (Fsp3) is 0.400. The molecule has 1 saturated heterocycles. The summed E-state index contributed by atoms with van der Waals surface area (Å²) in [6.07, 6.45) is -3.71. The van der Waals surface area contributed by atoms with Crippen LogP contribution in [0.1, 0.15) is 24.2 Å². The highest BCUT2D eigenvalue weighted by molar-refractivity contribution is 5.48. The SMILES string of the molecule is CC1(O)COC(Oc2cccc3c2CC(O)C(c2ccc(O)c(O)c2)O3)C1O. The van der Waals surface area contributed by atoms with Gasteiger partial charge in [0.2, 0.25) is 6.29 Å². The van der Waals surface area contributed by atoms with Gasteiger partial charge in [-0.15, -0.1) is 0 Å². The van der Waals surface area contributed by atoms with Crippen molar-refractivity contribution < 1.29 is 39.7 Å². The lowest BCUT2D eigenvalue weighted by Crippen LogP contribution is -2.42. The lowest BCUT2D eigenvalue weighted by molar-refractivity contribution is -0.103. The van der Waals surface area contributed by atoms with Gasteiger partial charge in [0.15, 0.2) is 11.5 Å².